The van der Waals surface area contributed by atoms with E-state index in [1.807, 2.05) is 0 Å². The van der Waals surface area contributed by atoms with Crippen molar-refractivity contribution in [1.82, 2.24) is 0 Å². The van der Waals surface area contributed by atoms with Gasteiger partial charge in [-0.2, -0.15) is 0 Å². The molecule has 10 rings (SSSR count). The van der Waals surface area contributed by atoms with Crippen molar-refractivity contribution >= 4 is 28.6 Å². The molecule has 0 unspecified atom stereocenters. The second-order valence-corrected chi connectivity index (χ2v) is 22.4. The summed E-state index contributed by atoms with van der Waals surface area (Å²) in [5.41, 5.74) is 9.22. The molecule has 0 bridgehead atoms. The molecule has 2 N–H and O–H groups in total. The average Bonchev–Trinajstić information content (AvgIpc) is 3.77. The molecule has 5 aromatic rings. The van der Waals surface area contributed by atoms with Crippen LogP contribution in [-0.2, 0) is 18.4 Å². The largest absolute Gasteiger partial charge is 0.490 e. The molecular weight excluding hydrogens is 813 g/mol. The maximum Gasteiger partial charge on any atom is 0.153 e. The van der Waals surface area contributed by atoms with Crippen LogP contribution in [0.5, 0.6) is 23.0 Å². The number of rotatable bonds is 12. The third kappa shape index (κ3) is 8.69. The van der Waals surface area contributed by atoms with E-state index >= 15 is 0 Å². The topological polar surface area (TPSA) is 77.4 Å². The summed E-state index contributed by atoms with van der Waals surface area (Å²) in [5.74, 6) is 4.53. The average molecular weight is 879 g/mol. The molecule has 64 heavy (non-hydrogen) atoms. The summed E-state index contributed by atoms with van der Waals surface area (Å²) in [6, 6.07) is 31.0. The third-order valence-corrected chi connectivity index (χ3v) is 16.4. The molecule has 7 heteroatoms. The minimum atomic E-state index is -0.358. The Labute approximate surface area is 384 Å². The van der Waals surface area contributed by atoms with Crippen LogP contribution in [0.2, 0.25) is 0 Å². The zero-order valence-electron chi connectivity index (χ0n) is 38.3. The van der Waals surface area contributed by atoms with Crippen molar-refractivity contribution in [2.45, 2.75) is 145 Å². The van der Waals surface area contributed by atoms with Gasteiger partial charge in [-0.25, -0.2) is 0 Å². The molecule has 6 nitrogen and oxygen atoms in total. The van der Waals surface area contributed by atoms with Gasteiger partial charge in [-0.05, 0) is 190 Å². The highest BCUT2D eigenvalue weighted by atomic mass is 32.2. The lowest BCUT2D eigenvalue weighted by Gasteiger charge is -2.43. The van der Waals surface area contributed by atoms with Crippen LogP contribution in [0.4, 0.5) is 0 Å². The second kappa shape index (κ2) is 17.8. The summed E-state index contributed by atoms with van der Waals surface area (Å²) in [6.45, 7) is 10.2. The molecule has 0 saturated heterocycles. The van der Waals surface area contributed by atoms with E-state index in [1.54, 1.807) is 11.8 Å². The molecule has 0 aromatic heterocycles. The maximum absolute atomic E-state index is 9.62. The third-order valence-electron chi connectivity index (χ3n) is 15.3. The predicted octanol–water partition coefficient (Wildman–Crippen LogP) is 13.6. The van der Waals surface area contributed by atoms with Gasteiger partial charge in [0.1, 0.15) is 29.6 Å². The molecule has 1 heterocycles. The van der Waals surface area contributed by atoms with Crippen LogP contribution in [-0.4, -0.2) is 40.6 Å². The fraction of sp³-hybridized carbons (Fsp3) is 0.474. The fourth-order valence-corrected chi connectivity index (χ4v) is 12.5. The first-order valence-corrected chi connectivity index (χ1v) is 25.0. The van der Waals surface area contributed by atoms with Crippen molar-refractivity contribution in [3.8, 4) is 34.1 Å². The molecule has 0 atom stereocenters. The van der Waals surface area contributed by atoms with E-state index in [1.165, 1.54) is 38.8 Å². The van der Waals surface area contributed by atoms with Gasteiger partial charge in [0, 0.05) is 29.6 Å². The Morgan fingerprint density at radius 1 is 0.688 bits per heavy atom. The van der Waals surface area contributed by atoms with Crippen LogP contribution in [0, 0.1) is 17.3 Å². The van der Waals surface area contributed by atoms with Crippen molar-refractivity contribution in [3.05, 3.63) is 119 Å². The summed E-state index contributed by atoms with van der Waals surface area (Å²) in [7, 11) is 0. The summed E-state index contributed by atoms with van der Waals surface area (Å²) in [5, 5.41) is 21.5. The minimum Gasteiger partial charge on any atom is -0.490 e. The van der Waals surface area contributed by atoms with Gasteiger partial charge in [-0.15, -0.1) is 0 Å². The first-order valence-electron chi connectivity index (χ1n) is 24.2. The summed E-state index contributed by atoms with van der Waals surface area (Å²) < 4.78 is 26.7. The van der Waals surface area contributed by atoms with Crippen LogP contribution >= 0.6 is 11.8 Å². The first kappa shape index (κ1) is 43.5. The molecule has 0 radical (unpaired) electrons. The van der Waals surface area contributed by atoms with E-state index in [-0.39, 0.29) is 41.2 Å². The Hall–Kier alpha value is -4.43. The van der Waals surface area contributed by atoms with Crippen molar-refractivity contribution in [2.24, 2.45) is 17.3 Å². The monoisotopic (exact) mass is 878 g/mol. The molecule has 5 aromatic carbocycles. The Morgan fingerprint density at radius 2 is 1.28 bits per heavy atom. The standard InChI is InChI=1S/C57H66O6S/c1-55(2)28-30-57(31-29-55)49-11-6-5-9-45(49)52-47-32-50-51(64-56(3,4)63-50)33-48(47)54(60-36-40-18-26-44(27-19-40)62-43-24-16-39(35-59)17-25-43)46(53(52)57)10-7-8-37-12-20-41(21-13-37)61-42-22-14-38(34-58)15-23-42/h5-7,9-13,18-21,26-27,32-33,38-39,42-43,58-59H,8,14-17,22-25,28-31,34-36H2,1-4H3/b10-7-. The van der Waals surface area contributed by atoms with Crippen molar-refractivity contribution in [3.63, 3.8) is 0 Å². The Kier molecular flexibility index (Phi) is 12.1. The lowest BCUT2D eigenvalue weighted by atomic mass is 9.60. The normalized spacial score (nSPS) is 24.0. The number of aliphatic hydroxyl groups excluding tert-OH is 2. The smallest absolute Gasteiger partial charge is 0.153 e. The molecule has 1 spiro atoms. The van der Waals surface area contributed by atoms with E-state index in [9.17, 15) is 10.2 Å². The summed E-state index contributed by atoms with van der Waals surface area (Å²) >= 11 is 1.78. The molecule has 1 aliphatic heterocycles. The quantitative estimate of drug-likeness (QED) is 0.129. The molecular formula is C57H66O6S. The second-order valence-electron chi connectivity index (χ2n) is 20.8. The Bertz CT molecular complexity index is 2480. The van der Waals surface area contributed by atoms with Crippen LogP contribution in [0.3, 0.4) is 0 Å². The van der Waals surface area contributed by atoms with Crippen LogP contribution < -0.4 is 18.9 Å². The summed E-state index contributed by atoms with van der Waals surface area (Å²) in [6.07, 6.45) is 18.5. The van der Waals surface area contributed by atoms with E-state index in [0.29, 0.717) is 18.4 Å². The zero-order valence-corrected chi connectivity index (χ0v) is 39.1. The van der Waals surface area contributed by atoms with Gasteiger partial charge in [0.25, 0.3) is 0 Å². The van der Waals surface area contributed by atoms with E-state index < -0.39 is 0 Å². The van der Waals surface area contributed by atoms with Gasteiger partial charge in [-0.1, -0.05) is 86.3 Å². The number of aliphatic hydroxyl groups is 2. The number of hydrogen-bond acceptors (Lipinski definition) is 7. The van der Waals surface area contributed by atoms with Gasteiger partial charge >= 0.3 is 0 Å². The van der Waals surface area contributed by atoms with E-state index in [0.717, 1.165) is 122 Å². The first-order chi connectivity index (χ1) is 31.0. The number of hydrogen-bond donors (Lipinski definition) is 2. The molecule has 4 aliphatic carbocycles. The predicted molar refractivity (Wildman–Crippen MR) is 260 cm³/mol. The van der Waals surface area contributed by atoms with Gasteiger partial charge in [0.05, 0.1) is 17.1 Å². The minimum absolute atomic E-state index is 0.133. The van der Waals surface area contributed by atoms with Crippen molar-refractivity contribution < 1.29 is 29.2 Å². The van der Waals surface area contributed by atoms with Crippen LogP contribution in [0.15, 0.2) is 95.9 Å². The highest BCUT2D eigenvalue weighted by Gasteiger charge is 2.49. The van der Waals surface area contributed by atoms with Crippen molar-refractivity contribution in [1.29, 1.82) is 0 Å². The zero-order chi connectivity index (χ0) is 44.1. The molecule has 3 saturated carbocycles. The Morgan fingerprint density at radius 3 is 1.89 bits per heavy atom. The number of allylic oxidation sites excluding steroid dienone is 1. The Balaban J connectivity index is 1.03. The highest BCUT2D eigenvalue weighted by Crippen LogP contribution is 2.63. The highest BCUT2D eigenvalue weighted by molar-refractivity contribution is 8.00. The molecule has 3 fully saturated rings. The number of benzene rings is 5. The summed E-state index contributed by atoms with van der Waals surface area (Å²) in [4.78, 5) is 0.791. The fourth-order valence-electron chi connectivity index (χ4n) is 11.5. The number of thioether (sulfide) groups is 1. The van der Waals surface area contributed by atoms with Gasteiger partial charge < -0.3 is 29.2 Å². The van der Waals surface area contributed by atoms with Crippen molar-refractivity contribution in [2.75, 3.05) is 13.2 Å². The van der Waals surface area contributed by atoms with Gasteiger partial charge in [-0.3, -0.25) is 0 Å². The number of ether oxygens (including phenoxy) is 4. The maximum atomic E-state index is 9.62. The van der Waals surface area contributed by atoms with Gasteiger partial charge in [0.15, 0.2) is 4.93 Å². The SMILES string of the molecule is CC1(C)CCC2(CC1)c1ccccc1-c1c2c(/C=C\Cc2ccc(OC3CCC(CO)CC3)cc2)c(OCc2ccc(OC3CCC(CO)CC3)cc2)c2cc3c(cc12)OC(C)(C)S3. The molecule has 5 aliphatic rings. The lowest BCUT2D eigenvalue weighted by Crippen LogP contribution is -2.35. The van der Waals surface area contributed by atoms with Gasteiger partial charge in [0.2, 0.25) is 0 Å². The lowest BCUT2D eigenvalue weighted by molar-refractivity contribution is 0.104. The van der Waals surface area contributed by atoms with E-state index in [2.05, 4.69) is 125 Å². The number of fused-ring (bicyclic) bond motifs is 8. The molecule has 0 amide bonds. The van der Waals surface area contributed by atoms with Crippen LogP contribution in [0.25, 0.3) is 28.0 Å². The molecule has 336 valence electrons. The van der Waals surface area contributed by atoms with Crippen LogP contribution in [0.1, 0.15) is 133 Å². The van der Waals surface area contributed by atoms with E-state index in [4.69, 9.17) is 18.9 Å².